The molecule has 3 rings (SSSR count). The molecule has 140 valence electrons. The summed E-state index contributed by atoms with van der Waals surface area (Å²) in [5.41, 5.74) is 0.317. The number of nitrogens with zero attached hydrogens (tertiary/aromatic N) is 3. The number of aromatic nitrogens is 3. The molecule has 0 atom stereocenters. The molecule has 0 unspecified atom stereocenters. The molecule has 8 nitrogen and oxygen atoms in total. The molecule has 2 heterocycles. The fourth-order valence-electron chi connectivity index (χ4n) is 2.56. The second-order valence-electron chi connectivity index (χ2n) is 7.02. The lowest BCUT2D eigenvalue weighted by molar-refractivity contribution is 0.0635. The molecule has 0 aliphatic rings. The van der Waals surface area contributed by atoms with Crippen LogP contribution in [0.4, 0.5) is 16.3 Å². The van der Waals surface area contributed by atoms with Crippen LogP contribution >= 0.6 is 0 Å². The Kier molecular flexibility index (Phi) is 4.81. The van der Waals surface area contributed by atoms with Gasteiger partial charge in [-0.15, -0.1) is 0 Å². The molecule has 0 aliphatic heterocycles. The summed E-state index contributed by atoms with van der Waals surface area (Å²) < 4.78 is 6.58. The first-order valence-electron chi connectivity index (χ1n) is 8.41. The summed E-state index contributed by atoms with van der Waals surface area (Å²) in [6, 6.07) is 8.97. The first kappa shape index (κ1) is 18.4. The monoisotopic (exact) mass is 367 g/mol. The van der Waals surface area contributed by atoms with Crippen LogP contribution in [0.2, 0.25) is 0 Å². The third-order valence-corrected chi connectivity index (χ3v) is 3.67. The summed E-state index contributed by atoms with van der Waals surface area (Å²) in [5, 5.41) is 11.3. The number of aryl methyl sites for hydroxylation is 1. The maximum Gasteiger partial charge on any atom is 0.413 e. The SMILES string of the molecule is Cn1nc(NC(=O)OC(C)(C)C)cc1C(=O)Nc1cccc2ccncc12. The van der Waals surface area contributed by atoms with Crippen LogP contribution in [0.15, 0.2) is 42.7 Å². The van der Waals surface area contributed by atoms with E-state index in [1.807, 2.05) is 18.2 Å². The lowest BCUT2D eigenvalue weighted by atomic mass is 10.1. The van der Waals surface area contributed by atoms with Gasteiger partial charge in [0.2, 0.25) is 0 Å². The summed E-state index contributed by atoms with van der Waals surface area (Å²) in [7, 11) is 1.62. The van der Waals surface area contributed by atoms with Crippen molar-refractivity contribution in [2.45, 2.75) is 26.4 Å². The van der Waals surface area contributed by atoms with E-state index in [2.05, 4.69) is 20.7 Å². The highest BCUT2D eigenvalue weighted by atomic mass is 16.6. The quantitative estimate of drug-likeness (QED) is 0.737. The molecule has 0 bridgehead atoms. The Morgan fingerprint density at radius 1 is 1.15 bits per heavy atom. The highest BCUT2D eigenvalue weighted by Crippen LogP contribution is 2.23. The lowest BCUT2D eigenvalue weighted by Crippen LogP contribution is -2.27. The number of fused-ring (bicyclic) bond motifs is 1. The van der Waals surface area contributed by atoms with Gasteiger partial charge in [0, 0.05) is 30.9 Å². The molecule has 2 amide bonds. The minimum absolute atomic E-state index is 0.233. The number of ether oxygens (including phenoxy) is 1. The Balaban J connectivity index is 1.77. The van der Waals surface area contributed by atoms with Gasteiger partial charge in [-0.2, -0.15) is 5.10 Å². The van der Waals surface area contributed by atoms with Gasteiger partial charge in [0.15, 0.2) is 5.82 Å². The number of carbonyl (C=O) groups excluding carboxylic acids is 2. The van der Waals surface area contributed by atoms with E-state index in [0.717, 1.165) is 10.8 Å². The van der Waals surface area contributed by atoms with E-state index in [9.17, 15) is 9.59 Å². The Morgan fingerprint density at radius 2 is 1.93 bits per heavy atom. The zero-order chi connectivity index (χ0) is 19.6. The Bertz CT molecular complexity index is 999. The van der Waals surface area contributed by atoms with Gasteiger partial charge in [-0.3, -0.25) is 19.8 Å². The average molecular weight is 367 g/mol. The van der Waals surface area contributed by atoms with Crippen LogP contribution in [0.1, 0.15) is 31.3 Å². The summed E-state index contributed by atoms with van der Waals surface area (Å²) >= 11 is 0. The topological polar surface area (TPSA) is 98.1 Å². The van der Waals surface area contributed by atoms with Crippen molar-refractivity contribution >= 4 is 34.3 Å². The normalized spacial score (nSPS) is 11.3. The zero-order valence-corrected chi connectivity index (χ0v) is 15.6. The molecular formula is C19H21N5O3. The number of hydrogen-bond acceptors (Lipinski definition) is 5. The zero-order valence-electron chi connectivity index (χ0n) is 15.6. The van der Waals surface area contributed by atoms with Crippen molar-refractivity contribution in [2.75, 3.05) is 10.6 Å². The van der Waals surface area contributed by atoms with Gasteiger partial charge in [0.05, 0.1) is 5.69 Å². The van der Waals surface area contributed by atoms with Crippen LogP contribution < -0.4 is 10.6 Å². The van der Waals surface area contributed by atoms with Crippen molar-refractivity contribution in [3.63, 3.8) is 0 Å². The standard InChI is InChI=1S/C19H21N5O3/c1-19(2,3)27-18(26)22-16-10-15(24(4)23-16)17(25)21-14-7-5-6-12-8-9-20-11-13(12)14/h5-11H,1-4H3,(H,21,25)(H,22,23,26). The van der Waals surface area contributed by atoms with Crippen molar-refractivity contribution in [3.8, 4) is 0 Å². The van der Waals surface area contributed by atoms with Gasteiger partial charge < -0.3 is 10.1 Å². The van der Waals surface area contributed by atoms with Crippen molar-refractivity contribution in [2.24, 2.45) is 7.05 Å². The number of carbonyl (C=O) groups is 2. The first-order valence-corrected chi connectivity index (χ1v) is 8.41. The summed E-state index contributed by atoms with van der Waals surface area (Å²) in [4.78, 5) is 28.6. The van der Waals surface area contributed by atoms with E-state index in [0.29, 0.717) is 11.4 Å². The van der Waals surface area contributed by atoms with Gasteiger partial charge in [0.25, 0.3) is 5.91 Å². The molecule has 0 radical (unpaired) electrons. The van der Waals surface area contributed by atoms with Crippen LogP contribution in [-0.2, 0) is 11.8 Å². The molecule has 0 saturated carbocycles. The van der Waals surface area contributed by atoms with Gasteiger partial charge in [-0.05, 0) is 38.3 Å². The third kappa shape index (κ3) is 4.41. The molecule has 1 aromatic carbocycles. The second-order valence-corrected chi connectivity index (χ2v) is 7.02. The fraction of sp³-hybridized carbons (Fsp3) is 0.263. The number of benzene rings is 1. The van der Waals surface area contributed by atoms with Gasteiger partial charge in [-0.25, -0.2) is 4.79 Å². The Hall–Kier alpha value is -3.42. The highest BCUT2D eigenvalue weighted by molar-refractivity contribution is 6.08. The van der Waals surface area contributed by atoms with E-state index < -0.39 is 11.7 Å². The van der Waals surface area contributed by atoms with Crippen LogP contribution in [0, 0.1) is 0 Å². The minimum atomic E-state index is -0.632. The van der Waals surface area contributed by atoms with Crippen LogP contribution in [0.25, 0.3) is 10.8 Å². The molecule has 0 aliphatic carbocycles. The lowest BCUT2D eigenvalue weighted by Gasteiger charge is -2.18. The number of nitrogens with one attached hydrogen (secondary N) is 2. The van der Waals surface area contributed by atoms with E-state index in [4.69, 9.17) is 4.74 Å². The maximum absolute atomic E-state index is 12.7. The molecule has 27 heavy (non-hydrogen) atoms. The first-order chi connectivity index (χ1) is 12.7. The highest BCUT2D eigenvalue weighted by Gasteiger charge is 2.19. The third-order valence-electron chi connectivity index (χ3n) is 3.67. The summed E-state index contributed by atoms with van der Waals surface area (Å²) in [6.07, 6.45) is 2.76. The molecule has 2 N–H and O–H groups in total. The van der Waals surface area contributed by atoms with Crippen LogP contribution in [0.5, 0.6) is 0 Å². The number of hydrogen-bond donors (Lipinski definition) is 2. The van der Waals surface area contributed by atoms with Crippen molar-refractivity contribution in [1.82, 2.24) is 14.8 Å². The molecular weight excluding hydrogens is 346 g/mol. The van der Waals surface area contributed by atoms with E-state index >= 15 is 0 Å². The average Bonchev–Trinajstić information content (AvgIpc) is 2.93. The number of amides is 2. The van der Waals surface area contributed by atoms with Gasteiger partial charge in [-0.1, -0.05) is 12.1 Å². The predicted octanol–water partition coefficient (Wildman–Crippen LogP) is 3.57. The van der Waals surface area contributed by atoms with Crippen molar-refractivity contribution in [1.29, 1.82) is 0 Å². The number of anilines is 2. The Labute approximate surface area is 156 Å². The molecule has 0 fully saturated rings. The molecule has 0 spiro atoms. The molecule has 2 aromatic heterocycles. The number of pyridine rings is 1. The van der Waals surface area contributed by atoms with Crippen molar-refractivity contribution in [3.05, 3.63) is 48.4 Å². The van der Waals surface area contributed by atoms with Crippen LogP contribution in [0.3, 0.4) is 0 Å². The van der Waals surface area contributed by atoms with E-state index in [-0.39, 0.29) is 11.7 Å². The summed E-state index contributed by atoms with van der Waals surface area (Å²) in [5.74, 6) is -0.116. The van der Waals surface area contributed by atoms with Crippen LogP contribution in [-0.4, -0.2) is 32.4 Å². The van der Waals surface area contributed by atoms with E-state index in [1.54, 1.807) is 46.3 Å². The van der Waals surface area contributed by atoms with E-state index in [1.165, 1.54) is 10.7 Å². The second kappa shape index (κ2) is 7.06. The molecule has 3 aromatic rings. The summed E-state index contributed by atoms with van der Waals surface area (Å²) in [6.45, 7) is 5.30. The van der Waals surface area contributed by atoms with Gasteiger partial charge >= 0.3 is 6.09 Å². The minimum Gasteiger partial charge on any atom is -0.444 e. The van der Waals surface area contributed by atoms with Gasteiger partial charge in [0.1, 0.15) is 11.3 Å². The fourth-order valence-corrected chi connectivity index (χ4v) is 2.56. The predicted molar refractivity (Wildman–Crippen MR) is 103 cm³/mol. The Morgan fingerprint density at radius 3 is 2.67 bits per heavy atom. The maximum atomic E-state index is 12.7. The largest absolute Gasteiger partial charge is 0.444 e. The smallest absolute Gasteiger partial charge is 0.413 e. The van der Waals surface area contributed by atoms with Crippen molar-refractivity contribution < 1.29 is 14.3 Å². The molecule has 8 heteroatoms. The molecule has 0 saturated heterocycles. The number of rotatable bonds is 3.